The van der Waals surface area contributed by atoms with Gasteiger partial charge < -0.3 is 23.9 Å². The quantitative estimate of drug-likeness (QED) is 0.580. The second-order valence-corrected chi connectivity index (χ2v) is 6.67. The van der Waals surface area contributed by atoms with E-state index in [4.69, 9.17) is 9.15 Å². The molecule has 9 heteroatoms. The van der Waals surface area contributed by atoms with E-state index < -0.39 is 18.5 Å². The molecule has 0 aliphatic rings. The number of hydrogen-bond donors (Lipinski definition) is 1. The number of hydrogen-bond acceptors (Lipinski definition) is 6. The molecule has 0 spiro atoms. The Balaban J connectivity index is 1.64. The van der Waals surface area contributed by atoms with Gasteiger partial charge in [-0.05, 0) is 30.3 Å². The van der Waals surface area contributed by atoms with Crippen molar-refractivity contribution in [3.8, 4) is 0 Å². The third-order valence-electron chi connectivity index (χ3n) is 4.55. The number of anilines is 1. The number of carbonyl (C=O) groups is 3. The Morgan fingerprint density at radius 3 is 2.61 bits per heavy atom. The van der Waals surface area contributed by atoms with Crippen molar-refractivity contribution in [3.05, 3.63) is 88.2 Å². The molecular formula is C22H21N3O6. The number of pyridine rings is 1. The van der Waals surface area contributed by atoms with Gasteiger partial charge in [0.05, 0.1) is 29.6 Å². The fourth-order valence-corrected chi connectivity index (χ4v) is 2.75. The van der Waals surface area contributed by atoms with Crippen LogP contribution in [0.25, 0.3) is 0 Å². The highest BCUT2D eigenvalue weighted by atomic mass is 16.5. The molecular weight excluding hydrogens is 402 g/mol. The number of ether oxygens (including phenoxy) is 1. The molecule has 0 aliphatic carbocycles. The number of rotatable bonds is 7. The van der Waals surface area contributed by atoms with Crippen LogP contribution in [0.2, 0.25) is 0 Å². The Bertz CT molecular complexity index is 1150. The van der Waals surface area contributed by atoms with Gasteiger partial charge in [0.25, 0.3) is 17.4 Å². The van der Waals surface area contributed by atoms with Crippen molar-refractivity contribution in [2.24, 2.45) is 7.05 Å². The molecule has 160 valence electrons. The van der Waals surface area contributed by atoms with Crippen LogP contribution in [0.5, 0.6) is 0 Å². The molecule has 2 aromatic heterocycles. The summed E-state index contributed by atoms with van der Waals surface area (Å²) >= 11 is 0. The molecule has 2 amide bonds. The molecule has 3 rings (SSSR count). The third kappa shape index (κ3) is 5.27. The fourth-order valence-electron chi connectivity index (χ4n) is 2.75. The molecule has 2 heterocycles. The van der Waals surface area contributed by atoms with Crippen molar-refractivity contribution < 1.29 is 23.5 Å². The Labute approximate surface area is 177 Å². The molecule has 0 unspecified atom stereocenters. The van der Waals surface area contributed by atoms with Gasteiger partial charge in [0.1, 0.15) is 5.76 Å². The van der Waals surface area contributed by atoms with E-state index in [1.165, 1.54) is 35.0 Å². The van der Waals surface area contributed by atoms with Crippen LogP contribution in [-0.4, -0.2) is 36.0 Å². The molecule has 0 saturated carbocycles. The minimum atomic E-state index is -0.788. The number of aryl methyl sites for hydroxylation is 1. The zero-order chi connectivity index (χ0) is 22.4. The van der Waals surface area contributed by atoms with Crippen molar-refractivity contribution in [1.29, 1.82) is 0 Å². The maximum absolute atomic E-state index is 12.6. The molecule has 0 fully saturated rings. The molecule has 9 nitrogen and oxygen atoms in total. The summed E-state index contributed by atoms with van der Waals surface area (Å²) in [5, 5.41) is 2.73. The van der Waals surface area contributed by atoms with Crippen LogP contribution in [0, 0.1) is 0 Å². The predicted molar refractivity (Wildman–Crippen MR) is 112 cm³/mol. The summed E-state index contributed by atoms with van der Waals surface area (Å²) in [6, 6.07) is 12.6. The molecule has 1 N–H and O–H groups in total. The number of furan rings is 1. The van der Waals surface area contributed by atoms with Gasteiger partial charge in [-0.3, -0.25) is 14.4 Å². The topological polar surface area (TPSA) is 111 Å². The van der Waals surface area contributed by atoms with Crippen molar-refractivity contribution >= 4 is 23.5 Å². The van der Waals surface area contributed by atoms with E-state index in [0.717, 1.165) is 6.07 Å². The minimum absolute atomic E-state index is 0.0521. The number of nitrogens with zero attached hydrogens (tertiary/aromatic N) is 2. The van der Waals surface area contributed by atoms with Gasteiger partial charge >= 0.3 is 5.97 Å². The highest BCUT2D eigenvalue weighted by Crippen LogP contribution is 2.19. The number of likely N-dealkylation sites (N-methyl/N-ethyl adjacent to an activating group) is 1. The lowest BCUT2D eigenvalue weighted by molar-refractivity contribution is -0.121. The SMILES string of the molecule is CN(C(=O)COC(=O)c1ccn(C)c(=O)c1)c1ccccc1C(=O)NCc1ccco1. The summed E-state index contributed by atoms with van der Waals surface area (Å²) in [5.41, 5.74) is 0.320. The van der Waals surface area contributed by atoms with E-state index in [9.17, 15) is 19.2 Å². The van der Waals surface area contributed by atoms with Gasteiger partial charge in [0.2, 0.25) is 0 Å². The smallest absolute Gasteiger partial charge is 0.338 e. The van der Waals surface area contributed by atoms with Gasteiger partial charge in [-0.2, -0.15) is 0 Å². The van der Waals surface area contributed by atoms with Crippen molar-refractivity contribution in [2.45, 2.75) is 6.54 Å². The first-order valence-corrected chi connectivity index (χ1v) is 9.37. The maximum Gasteiger partial charge on any atom is 0.338 e. The number of amides is 2. The Morgan fingerprint density at radius 2 is 1.90 bits per heavy atom. The first kappa shape index (κ1) is 21.6. The average Bonchev–Trinajstić information content (AvgIpc) is 3.30. The van der Waals surface area contributed by atoms with Crippen molar-refractivity contribution in [1.82, 2.24) is 9.88 Å². The number of aromatic nitrogens is 1. The molecule has 0 radical (unpaired) electrons. The lowest BCUT2D eigenvalue weighted by Gasteiger charge is -2.20. The van der Waals surface area contributed by atoms with Crippen molar-refractivity contribution in [2.75, 3.05) is 18.6 Å². The Kier molecular flexibility index (Phi) is 6.66. The molecule has 0 saturated heterocycles. The number of benzene rings is 1. The van der Waals surface area contributed by atoms with Crippen LogP contribution in [0.1, 0.15) is 26.5 Å². The number of esters is 1. The highest BCUT2D eigenvalue weighted by molar-refractivity contribution is 6.05. The van der Waals surface area contributed by atoms with E-state index in [1.807, 2.05) is 0 Å². The van der Waals surface area contributed by atoms with E-state index in [-0.39, 0.29) is 29.1 Å². The summed E-state index contributed by atoms with van der Waals surface area (Å²) in [5.74, 6) is -1.12. The predicted octanol–water partition coefficient (Wildman–Crippen LogP) is 1.73. The largest absolute Gasteiger partial charge is 0.467 e. The average molecular weight is 423 g/mol. The van der Waals surface area contributed by atoms with E-state index in [2.05, 4.69) is 5.32 Å². The first-order valence-electron chi connectivity index (χ1n) is 9.37. The lowest BCUT2D eigenvalue weighted by Crippen LogP contribution is -2.33. The van der Waals surface area contributed by atoms with Gasteiger partial charge in [-0.1, -0.05) is 12.1 Å². The van der Waals surface area contributed by atoms with Gasteiger partial charge in [-0.25, -0.2) is 4.79 Å². The third-order valence-corrected chi connectivity index (χ3v) is 4.55. The zero-order valence-corrected chi connectivity index (χ0v) is 17.0. The van der Waals surface area contributed by atoms with E-state index in [1.54, 1.807) is 43.4 Å². The summed E-state index contributed by atoms with van der Waals surface area (Å²) in [6.07, 6.45) is 2.95. The van der Waals surface area contributed by atoms with Crippen LogP contribution < -0.4 is 15.8 Å². The first-order chi connectivity index (χ1) is 14.9. The second-order valence-electron chi connectivity index (χ2n) is 6.67. The molecule has 0 aliphatic heterocycles. The van der Waals surface area contributed by atoms with Gasteiger partial charge in [0, 0.05) is 26.4 Å². The fraction of sp³-hybridized carbons (Fsp3) is 0.182. The van der Waals surface area contributed by atoms with Crippen molar-refractivity contribution in [3.63, 3.8) is 0 Å². The van der Waals surface area contributed by atoms with Gasteiger partial charge in [-0.15, -0.1) is 0 Å². The normalized spacial score (nSPS) is 10.4. The number of carbonyl (C=O) groups excluding carboxylic acids is 3. The highest BCUT2D eigenvalue weighted by Gasteiger charge is 2.20. The van der Waals surface area contributed by atoms with E-state index in [0.29, 0.717) is 11.4 Å². The molecule has 0 bridgehead atoms. The summed E-state index contributed by atoms with van der Waals surface area (Å²) < 4.78 is 11.5. The van der Waals surface area contributed by atoms with Gasteiger partial charge in [0.15, 0.2) is 6.61 Å². The minimum Gasteiger partial charge on any atom is -0.467 e. The summed E-state index contributed by atoms with van der Waals surface area (Å²) in [4.78, 5) is 50.2. The van der Waals surface area contributed by atoms with Crippen LogP contribution in [-0.2, 0) is 23.1 Å². The monoisotopic (exact) mass is 423 g/mol. The molecule has 0 atom stereocenters. The summed E-state index contributed by atoms with van der Waals surface area (Å²) in [7, 11) is 3.03. The number of nitrogens with one attached hydrogen (secondary N) is 1. The molecule has 3 aromatic rings. The maximum atomic E-state index is 12.6. The summed E-state index contributed by atoms with van der Waals surface area (Å²) in [6.45, 7) is -0.348. The Hall–Kier alpha value is -4.14. The van der Waals surface area contributed by atoms with E-state index >= 15 is 0 Å². The molecule has 1 aromatic carbocycles. The standard InChI is InChI=1S/C22H21N3O6/c1-24-10-9-15(12-19(24)26)22(29)31-14-20(27)25(2)18-8-4-3-7-17(18)21(28)23-13-16-6-5-11-30-16/h3-12H,13-14H2,1-2H3,(H,23,28). The molecule has 31 heavy (non-hydrogen) atoms. The van der Waals surface area contributed by atoms with Crippen LogP contribution >= 0.6 is 0 Å². The van der Waals surface area contributed by atoms with Crippen LogP contribution in [0.3, 0.4) is 0 Å². The second kappa shape index (κ2) is 9.57. The number of para-hydroxylation sites is 1. The zero-order valence-electron chi connectivity index (χ0n) is 17.0. The Morgan fingerprint density at radius 1 is 1.13 bits per heavy atom. The lowest BCUT2D eigenvalue weighted by atomic mass is 10.1. The van der Waals surface area contributed by atoms with Crippen LogP contribution in [0.4, 0.5) is 5.69 Å². The van der Waals surface area contributed by atoms with Crippen LogP contribution in [0.15, 0.2) is 70.2 Å².